The summed E-state index contributed by atoms with van der Waals surface area (Å²) in [7, 11) is 0. The molecule has 0 N–H and O–H groups in total. The highest BCUT2D eigenvalue weighted by Gasteiger charge is 2.32. The molecule has 8 heteroatoms. The number of benzene rings is 1. The Bertz CT molecular complexity index is 1170. The average molecular weight is 483 g/mol. The molecule has 2 aliphatic rings. The Hall–Kier alpha value is -2.58. The molecule has 5 rings (SSSR count). The zero-order chi connectivity index (χ0) is 23.7. The van der Waals surface area contributed by atoms with Gasteiger partial charge in [-0.15, -0.1) is 11.3 Å². The van der Waals surface area contributed by atoms with Gasteiger partial charge in [0.2, 0.25) is 5.91 Å². The van der Waals surface area contributed by atoms with Gasteiger partial charge in [-0.1, -0.05) is 12.1 Å². The number of carbonyl (C=O) groups excluding carboxylic acids is 1. The molecule has 0 spiro atoms. The number of hydrogen-bond acceptors (Lipinski definition) is 6. The molecule has 0 bridgehead atoms. The van der Waals surface area contributed by atoms with E-state index in [0.29, 0.717) is 13.1 Å². The second-order valence-corrected chi connectivity index (χ2v) is 10.6. The average Bonchev–Trinajstić information content (AvgIpc) is 3.46. The van der Waals surface area contributed by atoms with Gasteiger partial charge < -0.3 is 14.5 Å². The molecular weight excluding hydrogens is 451 g/mol. The van der Waals surface area contributed by atoms with E-state index >= 15 is 0 Å². The number of ether oxygens (including phenoxy) is 1. The number of fused-ring (bicyclic) bond motifs is 1. The second kappa shape index (κ2) is 9.96. The maximum absolute atomic E-state index is 13.8. The summed E-state index contributed by atoms with van der Waals surface area (Å²) >= 11 is 1.71. The van der Waals surface area contributed by atoms with E-state index < -0.39 is 0 Å². The number of piperidine rings is 1. The van der Waals surface area contributed by atoms with E-state index in [0.717, 1.165) is 67.0 Å². The third-order valence-corrected chi connectivity index (χ3v) is 8.23. The molecule has 0 aliphatic carbocycles. The van der Waals surface area contributed by atoms with Gasteiger partial charge in [0.1, 0.15) is 22.8 Å². The highest BCUT2D eigenvalue weighted by molar-refractivity contribution is 7.18. The van der Waals surface area contributed by atoms with Gasteiger partial charge in [0.05, 0.1) is 11.5 Å². The molecule has 2 aliphatic heterocycles. The minimum atomic E-state index is -0.273. The molecule has 1 aromatic carbocycles. The van der Waals surface area contributed by atoms with E-state index in [-0.39, 0.29) is 23.7 Å². The van der Waals surface area contributed by atoms with Crippen molar-refractivity contribution in [3.05, 3.63) is 52.4 Å². The van der Waals surface area contributed by atoms with Crippen molar-refractivity contribution in [2.75, 3.05) is 31.1 Å². The summed E-state index contributed by atoms with van der Waals surface area (Å²) in [6.45, 7) is 7.55. The first-order valence-corrected chi connectivity index (χ1v) is 12.9. The summed E-state index contributed by atoms with van der Waals surface area (Å²) in [6.07, 6.45) is 5.26. The lowest BCUT2D eigenvalue weighted by Crippen LogP contribution is -2.45. The van der Waals surface area contributed by atoms with Crippen molar-refractivity contribution in [2.45, 2.75) is 52.2 Å². The third-order valence-electron chi connectivity index (χ3n) is 7.11. The van der Waals surface area contributed by atoms with Crippen LogP contribution in [-0.2, 0) is 16.1 Å². The van der Waals surface area contributed by atoms with Crippen molar-refractivity contribution in [2.24, 2.45) is 5.92 Å². The van der Waals surface area contributed by atoms with Crippen LogP contribution in [-0.4, -0.2) is 53.1 Å². The molecule has 2 fully saturated rings. The number of hydrogen-bond donors (Lipinski definition) is 0. The van der Waals surface area contributed by atoms with Crippen molar-refractivity contribution in [1.82, 2.24) is 14.9 Å². The summed E-state index contributed by atoms with van der Waals surface area (Å²) in [4.78, 5) is 29.2. The maximum Gasteiger partial charge on any atom is 0.226 e. The largest absolute Gasteiger partial charge is 0.376 e. The van der Waals surface area contributed by atoms with Crippen LogP contribution in [0.4, 0.5) is 10.2 Å². The SMILES string of the molecule is Cc1sc2ncnc(N3CCC(C(=O)N(Cc4cccc(F)c4)CC4CCCO4)CC3)c2c1C. The van der Waals surface area contributed by atoms with Crippen molar-refractivity contribution >= 4 is 33.3 Å². The fourth-order valence-electron chi connectivity index (χ4n) is 5.12. The minimum absolute atomic E-state index is 0.0474. The third kappa shape index (κ3) is 4.79. The number of halogens is 1. The summed E-state index contributed by atoms with van der Waals surface area (Å²) < 4.78 is 19.6. The van der Waals surface area contributed by atoms with Crippen LogP contribution >= 0.6 is 11.3 Å². The van der Waals surface area contributed by atoms with Crippen LogP contribution in [0.2, 0.25) is 0 Å². The van der Waals surface area contributed by atoms with Gasteiger partial charge in [-0.3, -0.25) is 4.79 Å². The molecule has 1 atom stereocenters. The van der Waals surface area contributed by atoms with Crippen molar-refractivity contribution in [3.63, 3.8) is 0 Å². The van der Waals surface area contributed by atoms with Crippen LogP contribution in [0.3, 0.4) is 0 Å². The smallest absolute Gasteiger partial charge is 0.226 e. The van der Waals surface area contributed by atoms with Gasteiger partial charge in [0.15, 0.2) is 0 Å². The van der Waals surface area contributed by atoms with Crippen LogP contribution in [0.5, 0.6) is 0 Å². The number of thiophene rings is 1. The molecule has 34 heavy (non-hydrogen) atoms. The Labute approximate surface area is 203 Å². The predicted molar refractivity (Wildman–Crippen MR) is 133 cm³/mol. The Morgan fingerprint density at radius 2 is 2.06 bits per heavy atom. The van der Waals surface area contributed by atoms with Crippen LogP contribution in [0.1, 0.15) is 41.7 Å². The molecule has 0 saturated carbocycles. The number of carbonyl (C=O) groups is 1. The van der Waals surface area contributed by atoms with Crippen LogP contribution in [0.25, 0.3) is 10.2 Å². The lowest BCUT2D eigenvalue weighted by atomic mass is 9.94. The molecule has 0 radical (unpaired) electrons. The molecule has 2 aromatic heterocycles. The van der Waals surface area contributed by atoms with Gasteiger partial charge in [-0.05, 0) is 62.8 Å². The first-order chi connectivity index (χ1) is 16.5. The minimum Gasteiger partial charge on any atom is -0.376 e. The maximum atomic E-state index is 13.8. The van der Waals surface area contributed by atoms with Crippen LogP contribution in [0.15, 0.2) is 30.6 Å². The first kappa shape index (κ1) is 23.2. The Morgan fingerprint density at radius 3 is 2.79 bits per heavy atom. The highest BCUT2D eigenvalue weighted by atomic mass is 32.1. The number of nitrogens with zero attached hydrogens (tertiary/aromatic N) is 4. The number of aromatic nitrogens is 2. The summed E-state index contributed by atoms with van der Waals surface area (Å²) in [6, 6.07) is 6.54. The van der Waals surface area contributed by atoms with E-state index in [4.69, 9.17) is 4.74 Å². The summed E-state index contributed by atoms with van der Waals surface area (Å²) in [5, 5.41) is 1.14. The number of aryl methyl sites for hydroxylation is 2. The molecule has 6 nitrogen and oxygen atoms in total. The zero-order valence-electron chi connectivity index (χ0n) is 19.8. The molecule has 180 valence electrons. The Balaban J connectivity index is 1.29. The van der Waals surface area contributed by atoms with Gasteiger partial charge in [-0.25, -0.2) is 14.4 Å². The van der Waals surface area contributed by atoms with Crippen molar-refractivity contribution in [1.29, 1.82) is 0 Å². The van der Waals surface area contributed by atoms with E-state index in [9.17, 15) is 9.18 Å². The predicted octanol–water partition coefficient (Wildman–Crippen LogP) is 4.87. The lowest BCUT2D eigenvalue weighted by molar-refractivity contribution is -0.138. The van der Waals surface area contributed by atoms with Crippen molar-refractivity contribution in [3.8, 4) is 0 Å². The van der Waals surface area contributed by atoms with Crippen molar-refractivity contribution < 1.29 is 13.9 Å². The molecule has 1 unspecified atom stereocenters. The first-order valence-electron chi connectivity index (χ1n) is 12.1. The quantitative estimate of drug-likeness (QED) is 0.502. The van der Waals surface area contributed by atoms with E-state index in [2.05, 4.69) is 28.7 Å². The molecule has 3 aromatic rings. The van der Waals surface area contributed by atoms with Gasteiger partial charge in [0, 0.05) is 43.6 Å². The second-order valence-electron chi connectivity index (χ2n) is 9.41. The molecule has 1 amide bonds. The number of anilines is 1. The van der Waals surface area contributed by atoms with Crippen LogP contribution in [0, 0.1) is 25.6 Å². The summed E-state index contributed by atoms with van der Waals surface area (Å²) in [5.41, 5.74) is 2.06. The lowest BCUT2D eigenvalue weighted by Gasteiger charge is -2.35. The monoisotopic (exact) mass is 482 g/mol. The normalized spacial score (nSPS) is 19.1. The van der Waals surface area contributed by atoms with E-state index in [1.165, 1.54) is 22.6 Å². The standard InChI is InChI=1S/C26H31FN4O2S/c1-17-18(2)34-25-23(17)24(28-16-29-25)30-10-8-20(9-11-30)26(32)31(15-22-7-4-12-33-22)14-19-5-3-6-21(27)13-19/h3,5-6,13,16,20,22H,4,7-12,14-15H2,1-2H3. The zero-order valence-corrected chi connectivity index (χ0v) is 20.6. The van der Waals surface area contributed by atoms with E-state index in [1.807, 2.05) is 11.0 Å². The van der Waals surface area contributed by atoms with Gasteiger partial charge >= 0.3 is 0 Å². The summed E-state index contributed by atoms with van der Waals surface area (Å²) in [5.74, 6) is 0.808. The number of amides is 1. The van der Waals surface area contributed by atoms with E-state index in [1.54, 1.807) is 23.7 Å². The fraction of sp³-hybridized carbons (Fsp3) is 0.500. The molecule has 2 saturated heterocycles. The fourth-order valence-corrected chi connectivity index (χ4v) is 6.11. The molecule has 4 heterocycles. The van der Waals surface area contributed by atoms with Gasteiger partial charge in [-0.2, -0.15) is 0 Å². The van der Waals surface area contributed by atoms with Gasteiger partial charge in [0.25, 0.3) is 0 Å². The Kier molecular flexibility index (Phi) is 6.79. The highest BCUT2D eigenvalue weighted by Crippen LogP contribution is 2.36. The number of rotatable bonds is 6. The molecular formula is C26H31FN4O2S. The topological polar surface area (TPSA) is 58.6 Å². The Morgan fingerprint density at radius 1 is 1.24 bits per heavy atom. The van der Waals surface area contributed by atoms with Crippen LogP contribution < -0.4 is 4.90 Å².